The van der Waals surface area contributed by atoms with Gasteiger partial charge in [-0.2, -0.15) is 0 Å². The second-order valence-corrected chi connectivity index (χ2v) is 13.1. The van der Waals surface area contributed by atoms with Gasteiger partial charge in [-0.05, 0) is 126 Å². The van der Waals surface area contributed by atoms with Gasteiger partial charge in [0.2, 0.25) is 0 Å². The maximum Gasteiger partial charge on any atom is 0.0155 e. The molecule has 43 heavy (non-hydrogen) atoms. The molecule has 206 valence electrons. The molecular weight excluding hydrogens is 516 g/mol. The van der Waals surface area contributed by atoms with Crippen LogP contribution >= 0.6 is 0 Å². The third kappa shape index (κ3) is 3.63. The van der Waals surface area contributed by atoms with Gasteiger partial charge in [0.25, 0.3) is 0 Å². The van der Waals surface area contributed by atoms with Crippen molar-refractivity contribution < 1.29 is 0 Å². The van der Waals surface area contributed by atoms with E-state index in [-0.39, 0.29) is 5.41 Å². The molecule has 0 heterocycles. The quantitative estimate of drug-likeness (QED) is 0.188. The number of hydrogen-bond donors (Lipinski definition) is 0. The largest absolute Gasteiger partial charge is 0.0836 e. The molecule has 9 rings (SSSR count). The third-order valence-corrected chi connectivity index (χ3v) is 10.4. The normalized spacial score (nSPS) is 16.8. The van der Waals surface area contributed by atoms with Gasteiger partial charge in [-0.15, -0.1) is 0 Å². The van der Waals surface area contributed by atoms with Gasteiger partial charge in [-0.3, -0.25) is 0 Å². The second kappa shape index (κ2) is 9.16. The third-order valence-electron chi connectivity index (χ3n) is 10.4. The van der Waals surface area contributed by atoms with Crippen molar-refractivity contribution in [2.45, 2.75) is 44.9 Å². The van der Waals surface area contributed by atoms with E-state index in [0.717, 1.165) is 25.7 Å². The zero-order chi connectivity index (χ0) is 28.7. The molecule has 0 aromatic heterocycles. The SMILES string of the molecule is CC1(C)C2=C(CCC(c3c4ccccc4cc4ccccc34)=C2)c2ccc(-c3c4c(cc5ccccc35)CCC=C4)cc21. The molecule has 0 radical (unpaired) electrons. The van der Waals surface area contributed by atoms with Gasteiger partial charge in [0, 0.05) is 5.41 Å². The zero-order valence-electron chi connectivity index (χ0n) is 24.9. The summed E-state index contributed by atoms with van der Waals surface area (Å²) in [6.45, 7) is 4.88. The maximum atomic E-state index is 2.56. The molecule has 0 saturated heterocycles. The van der Waals surface area contributed by atoms with Gasteiger partial charge >= 0.3 is 0 Å². The summed E-state index contributed by atoms with van der Waals surface area (Å²) in [5.41, 5.74) is 14.4. The van der Waals surface area contributed by atoms with Crippen LogP contribution in [0, 0.1) is 0 Å². The Hall–Kier alpha value is -4.68. The predicted molar refractivity (Wildman–Crippen MR) is 185 cm³/mol. The first-order valence-corrected chi connectivity index (χ1v) is 15.8. The van der Waals surface area contributed by atoms with Gasteiger partial charge < -0.3 is 0 Å². The molecule has 3 aliphatic rings. The smallest absolute Gasteiger partial charge is 0.0155 e. The molecule has 0 spiro atoms. The van der Waals surface area contributed by atoms with Crippen LogP contribution in [0.2, 0.25) is 0 Å². The van der Waals surface area contributed by atoms with Crippen molar-refractivity contribution >= 4 is 49.5 Å². The summed E-state index contributed by atoms with van der Waals surface area (Å²) in [4.78, 5) is 0. The Balaban J connectivity index is 1.22. The summed E-state index contributed by atoms with van der Waals surface area (Å²) >= 11 is 0. The average molecular weight is 551 g/mol. The minimum Gasteiger partial charge on any atom is -0.0836 e. The summed E-state index contributed by atoms with van der Waals surface area (Å²) in [6.07, 6.45) is 11.7. The Morgan fingerprint density at radius 2 is 1.26 bits per heavy atom. The Morgan fingerprint density at radius 3 is 1.98 bits per heavy atom. The summed E-state index contributed by atoms with van der Waals surface area (Å²) in [6, 6.07) is 38.9. The van der Waals surface area contributed by atoms with Crippen molar-refractivity contribution in [2.24, 2.45) is 0 Å². The molecule has 3 aliphatic carbocycles. The van der Waals surface area contributed by atoms with Crippen LogP contribution in [0.4, 0.5) is 0 Å². The van der Waals surface area contributed by atoms with E-state index in [4.69, 9.17) is 0 Å². The molecule has 0 bridgehead atoms. The maximum absolute atomic E-state index is 2.56. The van der Waals surface area contributed by atoms with Crippen LogP contribution in [-0.4, -0.2) is 0 Å². The van der Waals surface area contributed by atoms with Crippen LogP contribution in [0.3, 0.4) is 0 Å². The zero-order valence-corrected chi connectivity index (χ0v) is 24.9. The van der Waals surface area contributed by atoms with Gasteiger partial charge in [0.05, 0.1) is 0 Å². The van der Waals surface area contributed by atoms with E-state index in [1.54, 1.807) is 5.57 Å². The lowest BCUT2D eigenvalue weighted by Gasteiger charge is -2.27. The number of benzene rings is 6. The van der Waals surface area contributed by atoms with Gasteiger partial charge in [-0.1, -0.05) is 123 Å². The first-order chi connectivity index (χ1) is 21.1. The number of hydrogen-bond acceptors (Lipinski definition) is 0. The van der Waals surface area contributed by atoms with E-state index in [9.17, 15) is 0 Å². The molecule has 0 unspecified atom stereocenters. The molecule has 0 saturated carbocycles. The van der Waals surface area contributed by atoms with E-state index < -0.39 is 0 Å². The fourth-order valence-electron chi connectivity index (χ4n) is 8.32. The van der Waals surface area contributed by atoms with Crippen LogP contribution < -0.4 is 0 Å². The summed E-state index contributed by atoms with van der Waals surface area (Å²) in [5.74, 6) is 0. The van der Waals surface area contributed by atoms with Crippen LogP contribution in [0.15, 0.2) is 121 Å². The molecule has 0 fully saturated rings. The highest BCUT2D eigenvalue weighted by molar-refractivity contribution is 6.10. The molecule has 6 aromatic rings. The van der Waals surface area contributed by atoms with E-state index in [1.807, 2.05) is 0 Å². The van der Waals surface area contributed by atoms with Crippen LogP contribution in [0.1, 0.15) is 60.9 Å². The highest BCUT2D eigenvalue weighted by Gasteiger charge is 2.38. The van der Waals surface area contributed by atoms with Gasteiger partial charge in [-0.25, -0.2) is 0 Å². The average Bonchev–Trinajstić information content (AvgIpc) is 3.27. The molecule has 0 heteroatoms. The number of allylic oxidation sites excluding steroid dienone is 5. The van der Waals surface area contributed by atoms with E-state index in [2.05, 4.69) is 135 Å². The number of rotatable bonds is 2. The first kappa shape index (κ1) is 24.9. The highest BCUT2D eigenvalue weighted by atomic mass is 14.4. The van der Waals surface area contributed by atoms with Crippen molar-refractivity contribution in [1.82, 2.24) is 0 Å². The van der Waals surface area contributed by atoms with Crippen molar-refractivity contribution in [1.29, 1.82) is 0 Å². The van der Waals surface area contributed by atoms with Crippen molar-refractivity contribution in [2.75, 3.05) is 0 Å². The molecule has 0 N–H and O–H groups in total. The van der Waals surface area contributed by atoms with E-state index in [1.165, 1.54) is 82.4 Å². The van der Waals surface area contributed by atoms with Crippen LogP contribution in [0.25, 0.3) is 60.7 Å². The first-order valence-electron chi connectivity index (χ1n) is 15.8. The fourth-order valence-corrected chi connectivity index (χ4v) is 8.32. The van der Waals surface area contributed by atoms with Crippen LogP contribution in [0.5, 0.6) is 0 Å². The second-order valence-electron chi connectivity index (χ2n) is 13.1. The molecule has 0 nitrogen and oxygen atoms in total. The van der Waals surface area contributed by atoms with Crippen molar-refractivity contribution in [3.8, 4) is 11.1 Å². The lowest BCUT2D eigenvalue weighted by atomic mass is 9.76. The number of aryl methyl sites for hydroxylation is 1. The lowest BCUT2D eigenvalue weighted by molar-refractivity contribution is 0.652. The molecule has 0 amide bonds. The van der Waals surface area contributed by atoms with Crippen molar-refractivity contribution in [3.63, 3.8) is 0 Å². The van der Waals surface area contributed by atoms with Crippen LogP contribution in [-0.2, 0) is 11.8 Å². The van der Waals surface area contributed by atoms with Gasteiger partial charge in [0.15, 0.2) is 0 Å². The van der Waals surface area contributed by atoms with Crippen molar-refractivity contribution in [3.05, 3.63) is 149 Å². The highest BCUT2D eigenvalue weighted by Crippen LogP contribution is 2.54. The van der Waals surface area contributed by atoms with Gasteiger partial charge in [0.1, 0.15) is 0 Å². The number of fused-ring (bicyclic) bond motifs is 6. The van der Waals surface area contributed by atoms with E-state index in [0.29, 0.717) is 0 Å². The molecule has 0 aliphatic heterocycles. The minimum absolute atomic E-state index is 0.0623. The summed E-state index contributed by atoms with van der Waals surface area (Å²) in [5, 5.41) is 8.07. The topological polar surface area (TPSA) is 0 Å². The minimum atomic E-state index is -0.0623. The Labute approximate surface area is 253 Å². The molecule has 6 aromatic carbocycles. The molecule has 0 atom stereocenters. The summed E-state index contributed by atoms with van der Waals surface area (Å²) < 4.78 is 0. The fraction of sp³-hybridized carbons (Fsp3) is 0.163. The Morgan fingerprint density at radius 1 is 0.605 bits per heavy atom. The standard InChI is InChI=1S/C43H34/c1-43(2)39-25-31(41-33-15-7-3-11-27(33)23-28-12-4-8-16-34(28)41)19-21-37(39)38-22-20-32(26-40(38)43)42-35-17-9-5-13-29(35)24-30-14-6-10-18-36(30)42/h3-5,7-13,15-18,20,22-26H,6,14,19,21H2,1-2H3. The van der Waals surface area contributed by atoms with E-state index >= 15 is 0 Å². The predicted octanol–water partition coefficient (Wildman–Crippen LogP) is 11.7. The summed E-state index contributed by atoms with van der Waals surface area (Å²) in [7, 11) is 0. The lowest BCUT2D eigenvalue weighted by Crippen LogP contribution is -2.17. The monoisotopic (exact) mass is 550 g/mol. The Bertz CT molecular complexity index is 2190. The Kier molecular flexibility index (Phi) is 5.30. The molecular formula is C43H34.